The van der Waals surface area contributed by atoms with E-state index in [1.165, 1.54) is 6.20 Å². The molecule has 1 saturated heterocycles. The van der Waals surface area contributed by atoms with Crippen molar-refractivity contribution in [1.29, 1.82) is 0 Å². The SMILES string of the molecule is C=CC1(CC)[n+]2cc(F)cc(F)c2N2CCN(c3ncc(F)cc3F)B2C1(C)CC. The number of pyridine rings is 2. The van der Waals surface area contributed by atoms with Crippen LogP contribution in [0.5, 0.6) is 0 Å². The Balaban J connectivity index is 2.01. The number of anilines is 2. The first-order valence-electron chi connectivity index (χ1n) is 10.1. The maximum atomic E-state index is 15.1. The van der Waals surface area contributed by atoms with Gasteiger partial charge in [-0.05, 0) is 18.9 Å². The van der Waals surface area contributed by atoms with Crippen molar-refractivity contribution >= 4 is 18.6 Å². The molecule has 4 heterocycles. The number of hydrogen-bond acceptors (Lipinski definition) is 3. The number of aromatic nitrogens is 2. The first-order chi connectivity index (χ1) is 14.2. The standard InChI is InChI=1S/C21H24BF4N4/c1-5-20(4)21(6-2,7-3)28-13-15(24)11-17(26)19(28)30-9-8-29(22(20)30)18-16(25)10-14(23)12-27-18/h6,10-13H,2,5,7-9H2,1,3-4H3/q+1. The molecule has 0 N–H and O–H groups in total. The molecule has 2 unspecified atom stereocenters. The normalized spacial score (nSPS) is 25.4. The molecule has 2 aromatic heterocycles. The molecule has 9 heteroatoms. The van der Waals surface area contributed by atoms with Crippen LogP contribution < -0.4 is 14.2 Å². The van der Waals surface area contributed by atoms with Crippen LogP contribution in [0.3, 0.4) is 0 Å². The summed E-state index contributed by atoms with van der Waals surface area (Å²) in [6.45, 7) is 10.3. The summed E-state index contributed by atoms with van der Waals surface area (Å²) in [4.78, 5) is 7.60. The second-order valence-corrected chi connectivity index (χ2v) is 8.17. The largest absolute Gasteiger partial charge is 0.509 e. The molecule has 158 valence electrons. The Kier molecular flexibility index (Phi) is 4.82. The predicted octanol–water partition coefficient (Wildman–Crippen LogP) is 4.22. The van der Waals surface area contributed by atoms with E-state index in [4.69, 9.17) is 0 Å². The summed E-state index contributed by atoms with van der Waals surface area (Å²) in [6, 6.07) is 1.66. The van der Waals surface area contributed by atoms with Gasteiger partial charge in [0.25, 0.3) is 5.82 Å². The van der Waals surface area contributed by atoms with Crippen LogP contribution in [0.15, 0.2) is 37.2 Å². The minimum Gasteiger partial charge on any atom is -0.353 e. The molecule has 30 heavy (non-hydrogen) atoms. The first kappa shape index (κ1) is 20.7. The van der Waals surface area contributed by atoms with E-state index in [0.717, 1.165) is 18.3 Å². The van der Waals surface area contributed by atoms with Crippen molar-refractivity contribution in [2.24, 2.45) is 0 Å². The number of hydrogen-bond donors (Lipinski definition) is 0. The van der Waals surface area contributed by atoms with Gasteiger partial charge in [0.05, 0.1) is 18.1 Å². The van der Waals surface area contributed by atoms with Crippen LogP contribution >= 0.6 is 0 Å². The molecule has 4 nitrogen and oxygen atoms in total. The summed E-state index contributed by atoms with van der Waals surface area (Å²) in [5.41, 5.74) is -0.833. The zero-order valence-corrected chi connectivity index (χ0v) is 17.3. The highest BCUT2D eigenvalue weighted by Crippen LogP contribution is 2.56. The van der Waals surface area contributed by atoms with Crippen molar-refractivity contribution < 1.29 is 22.1 Å². The molecule has 2 aliphatic rings. The Labute approximate surface area is 174 Å². The fourth-order valence-corrected chi connectivity index (χ4v) is 5.52. The monoisotopic (exact) mass is 419 g/mol. The van der Waals surface area contributed by atoms with Crippen molar-refractivity contribution in [3.63, 3.8) is 0 Å². The predicted molar refractivity (Wildman–Crippen MR) is 108 cm³/mol. The second kappa shape index (κ2) is 6.99. The minimum atomic E-state index is -0.833. The van der Waals surface area contributed by atoms with E-state index in [1.807, 2.05) is 25.6 Å². The second-order valence-electron chi connectivity index (χ2n) is 8.17. The van der Waals surface area contributed by atoms with Gasteiger partial charge in [-0.15, -0.1) is 0 Å². The van der Waals surface area contributed by atoms with E-state index in [9.17, 15) is 13.2 Å². The number of nitrogens with zero attached hydrogens (tertiary/aromatic N) is 4. The van der Waals surface area contributed by atoms with Crippen LogP contribution in [0, 0.1) is 23.3 Å². The van der Waals surface area contributed by atoms with Crippen LogP contribution in [0.2, 0.25) is 5.31 Å². The highest BCUT2D eigenvalue weighted by molar-refractivity contribution is 6.71. The first-order valence-corrected chi connectivity index (χ1v) is 10.1. The van der Waals surface area contributed by atoms with Crippen molar-refractivity contribution in [3.8, 4) is 0 Å². The molecule has 0 aliphatic carbocycles. The zero-order chi connectivity index (χ0) is 21.8. The molecular weight excluding hydrogens is 395 g/mol. The molecular formula is C21H24BF4N4+. The van der Waals surface area contributed by atoms with E-state index in [-0.39, 0.29) is 11.6 Å². The third-order valence-corrected chi connectivity index (χ3v) is 7.06. The average Bonchev–Trinajstić information content (AvgIpc) is 3.13. The van der Waals surface area contributed by atoms with E-state index >= 15 is 4.39 Å². The Morgan fingerprint density at radius 2 is 1.77 bits per heavy atom. The summed E-state index contributed by atoms with van der Waals surface area (Å²) in [5.74, 6) is -2.63. The molecule has 4 rings (SSSR count). The van der Waals surface area contributed by atoms with Gasteiger partial charge in [0.2, 0.25) is 5.82 Å². The summed E-state index contributed by atoms with van der Waals surface area (Å²) in [5, 5.41) is -0.611. The highest BCUT2D eigenvalue weighted by Gasteiger charge is 2.70. The number of rotatable bonds is 4. The van der Waals surface area contributed by atoms with E-state index in [1.54, 1.807) is 15.5 Å². The zero-order valence-electron chi connectivity index (χ0n) is 17.3. The number of halogens is 4. The van der Waals surface area contributed by atoms with Crippen LogP contribution in [-0.2, 0) is 5.54 Å². The van der Waals surface area contributed by atoms with Gasteiger partial charge >= 0.3 is 6.98 Å². The van der Waals surface area contributed by atoms with E-state index in [2.05, 4.69) is 11.6 Å². The molecule has 0 bridgehead atoms. The lowest BCUT2D eigenvalue weighted by Crippen LogP contribution is -2.75. The molecule has 1 fully saturated rings. The maximum absolute atomic E-state index is 15.1. The Bertz CT molecular complexity index is 1020. The van der Waals surface area contributed by atoms with E-state index in [0.29, 0.717) is 25.9 Å². The van der Waals surface area contributed by atoms with Gasteiger partial charge in [-0.25, -0.2) is 22.7 Å². The maximum Gasteiger partial charge on any atom is 0.509 e. The lowest BCUT2D eigenvalue weighted by atomic mass is 9.39. The Morgan fingerprint density at radius 3 is 2.37 bits per heavy atom. The smallest absolute Gasteiger partial charge is 0.353 e. The summed E-state index contributed by atoms with van der Waals surface area (Å²) >= 11 is 0. The van der Waals surface area contributed by atoms with Gasteiger partial charge in [0.15, 0.2) is 17.5 Å². The minimum absolute atomic E-state index is 0.0219. The van der Waals surface area contributed by atoms with E-state index < -0.39 is 41.1 Å². The summed E-state index contributed by atoms with van der Waals surface area (Å²) in [7, 11) is 0. The van der Waals surface area contributed by atoms with Gasteiger partial charge in [-0.3, -0.25) is 4.81 Å². The number of fused-ring (bicyclic) bond motifs is 3. The van der Waals surface area contributed by atoms with Crippen LogP contribution in [-0.4, -0.2) is 25.1 Å². The molecule has 2 aromatic rings. The van der Waals surface area contributed by atoms with Crippen LogP contribution in [0.4, 0.5) is 29.2 Å². The van der Waals surface area contributed by atoms with Crippen molar-refractivity contribution in [1.82, 2.24) is 4.98 Å². The fraction of sp³-hybridized carbons (Fsp3) is 0.429. The fourth-order valence-electron chi connectivity index (χ4n) is 5.52. The third kappa shape index (κ3) is 2.53. The lowest BCUT2D eigenvalue weighted by Gasteiger charge is -2.51. The molecule has 0 saturated carbocycles. The number of allylic oxidation sites excluding steroid dienone is 1. The average molecular weight is 419 g/mol. The molecule has 0 spiro atoms. The summed E-state index contributed by atoms with van der Waals surface area (Å²) in [6.07, 6.45) is 5.18. The molecule has 0 radical (unpaired) electrons. The molecule has 2 atom stereocenters. The Hall–Kier alpha value is -2.58. The van der Waals surface area contributed by atoms with Crippen molar-refractivity contribution in [3.05, 3.63) is 60.5 Å². The van der Waals surface area contributed by atoms with Gasteiger partial charge in [0.1, 0.15) is 17.6 Å². The molecule has 2 aliphatic heterocycles. The quantitative estimate of drug-likeness (QED) is 0.321. The van der Waals surface area contributed by atoms with Gasteiger partial charge in [0, 0.05) is 18.7 Å². The van der Waals surface area contributed by atoms with Crippen molar-refractivity contribution in [2.75, 3.05) is 22.7 Å². The van der Waals surface area contributed by atoms with Crippen molar-refractivity contribution in [2.45, 2.75) is 44.5 Å². The topological polar surface area (TPSA) is 23.2 Å². The molecule has 0 aromatic carbocycles. The van der Waals surface area contributed by atoms with Gasteiger partial charge in [-0.1, -0.05) is 27.4 Å². The lowest BCUT2D eigenvalue weighted by molar-refractivity contribution is -0.752. The van der Waals surface area contributed by atoms with Crippen LogP contribution in [0.1, 0.15) is 33.6 Å². The molecule has 0 amide bonds. The third-order valence-electron chi connectivity index (χ3n) is 7.06. The Morgan fingerprint density at radius 1 is 1.10 bits per heavy atom. The van der Waals surface area contributed by atoms with Gasteiger partial charge < -0.3 is 4.81 Å². The van der Waals surface area contributed by atoms with Gasteiger partial charge in [-0.2, -0.15) is 4.39 Å². The summed E-state index contributed by atoms with van der Waals surface area (Å²) < 4.78 is 59.2. The highest BCUT2D eigenvalue weighted by atomic mass is 19.1. The van der Waals surface area contributed by atoms with Crippen LogP contribution in [0.25, 0.3) is 0 Å².